The second-order valence-electron chi connectivity index (χ2n) is 6.71. The molecule has 7 nitrogen and oxygen atoms in total. The Hall–Kier alpha value is -3.48. The minimum Gasteiger partial charge on any atom is -0.359 e. The first-order chi connectivity index (χ1) is 13.4. The lowest BCUT2D eigenvalue weighted by Crippen LogP contribution is -2.20. The predicted molar refractivity (Wildman–Crippen MR) is 108 cm³/mol. The lowest BCUT2D eigenvalue weighted by molar-refractivity contribution is -0.119. The van der Waals surface area contributed by atoms with Gasteiger partial charge in [0, 0.05) is 12.7 Å². The van der Waals surface area contributed by atoms with Crippen LogP contribution in [0.5, 0.6) is 0 Å². The molecule has 0 aliphatic carbocycles. The van der Waals surface area contributed by atoms with E-state index in [9.17, 15) is 9.59 Å². The maximum absolute atomic E-state index is 12.6. The Kier molecular flexibility index (Phi) is 5.54. The topological polar surface area (TPSA) is 88.9 Å². The van der Waals surface area contributed by atoms with Crippen LogP contribution in [0.2, 0.25) is 0 Å². The van der Waals surface area contributed by atoms with Crippen molar-refractivity contribution in [3.05, 3.63) is 70.5 Å². The Morgan fingerprint density at radius 2 is 1.71 bits per heavy atom. The molecule has 2 N–H and O–H groups in total. The molecule has 0 bridgehead atoms. The summed E-state index contributed by atoms with van der Waals surface area (Å²) in [4.78, 5) is 25.6. The molecule has 0 atom stereocenters. The van der Waals surface area contributed by atoms with Gasteiger partial charge in [-0.3, -0.25) is 9.59 Å². The lowest BCUT2D eigenvalue weighted by atomic mass is 10.1. The van der Waals surface area contributed by atoms with Crippen molar-refractivity contribution >= 4 is 17.5 Å². The number of anilines is 1. The van der Waals surface area contributed by atoms with Gasteiger partial charge in [0.05, 0.1) is 17.8 Å². The van der Waals surface area contributed by atoms with E-state index in [0.717, 1.165) is 22.4 Å². The van der Waals surface area contributed by atoms with Crippen molar-refractivity contribution in [2.45, 2.75) is 27.2 Å². The van der Waals surface area contributed by atoms with Gasteiger partial charge in [-0.25, -0.2) is 0 Å². The first-order valence-corrected chi connectivity index (χ1v) is 9.00. The standard InChI is InChI=1S/C21H23N5O2/c1-13-5-10-18(14(2)11-13)26-24-15(3)20(25-26)21(28)23-17-8-6-16(7-9-17)12-19(27)22-4/h5-11H,12H2,1-4H3,(H,22,27)(H,23,28). The molecule has 0 fully saturated rings. The minimum absolute atomic E-state index is 0.0598. The fourth-order valence-electron chi connectivity index (χ4n) is 2.90. The highest BCUT2D eigenvalue weighted by Gasteiger charge is 2.17. The molecule has 1 heterocycles. The molecule has 28 heavy (non-hydrogen) atoms. The van der Waals surface area contributed by atoms with Crippen molar-refractivity contribution < 1.29 is 9.59 Å². The summed E-state index contributed by atoms with van der Waals surface area (Å²) in [5.74, 6) is -0.386. The molecule has 2 amide bonds. The lowest BCUT2D eigenvalue weighted by Gasteiger charge is -2.06. The number of nitrogens with zero attached hydrogens (tertiary/aromatic N) is 3. The number of nitrogens with one attached hydrogen (secondary N) is 2. The van der Waals surface area contributed by atoms with E-state index < -0.39 is 0 Å². The summed E-state index contributed by atoms with van der Waals surface area (Å²) >= 11 is 0. The first kappa shape index (κ1) is 19.3. The van der Waals surface area contributed by atoms with Gasteiger partial charge in [-0.05, 0) is 50.1 Å². The molecular formula is C21H23N5O2. The van der Waals surface area contributed by atoms with Crippen LogP contribution >= 0.6 is 0 Å². The van der Waals surface area contributed by atoms with E-state index in [0.29, 0.717) is 17.8 Å². The van der Waals surface area contributed by atoms with Crippen molar-refractivity contribution in [2.24, 2.45) is 0 Å². The maximum atomic E-state index is 12.6. The van der Waals surface area contributed by atoms with E-state index in [1.54, 1.807) is 26.1 Å². The highest BCUT2D eigenvalue weighted by atomic mass is 16.2. The number of rotatable bonds is 5. The van der Waals surface area contributed by atoms with Crippen LogP contribution in [0.3, 0.4) is 0 Å². The van der Waals surface area contributed by atoms with Gasteiger partial charge >= 0.3 is 0 Å². The number of hydrogen-bond acceptors (Lipinski definition) is 4. The largest absolute Gasteiger partial charge is 0.359 e. The smallest absolute Gasteiger partial charge is 0.278 e. The highest BCUT2D eigenvalue weighted by molar-refractivity contribution is 6.03. The Balaban J connectivity index is 1.76. The SMILES string of the molecule is CNC(=O)Cc1ccc(NC(=O)c2nn(-c3ccc(C)cc3C)nc2C)cc1. The van der Waals surface area contributed by atoms with Crippen LogP contribution in [-0.4, -0.2) is 33.9 Å². The maximum Gasteiger partial charge on any atom is 0.278 e. The van der Waals surface area contributed by atoms with Crippen molar-refractivity contribution in [1.29, 1.82) is 0 Å². The van der Waals surface area contributed by atoms with E-state index >= 15 is 0 Å². The molecule has 3 rings (SSSR count). The fraction of sp³-hybridized carbons (Fsp3) is 0.238. The molecule has 144 valence electrons. The zero-order chi connectivity index (χ0) is 20.3. The van der Waals surface area contributed by atoms with Gasteiger partial charge in [0.15, 0.2) is 5.69 Å². The predicted octanol–water partition coefficient (Wildman–Crippen LogP) is 2.73. The van der Waals surface area contributed by atoms with Crippen LogP contribution in [0.4, 0.5) is 5.69 Å². The van der Waals surface area contributed by atoms with E-state index in [1.165, 1.54) is 4.80 Å². The zero-order valence-corrected chi connectivity index (χ0v) is 16.4. The summed E-state index contributed by atoms with van der Waals surface area (Å²) in [6.07, 6.45) is 0.300. The third-order valence-electron chi connectivity index (χ3n) is 4.42. The van der Waals surface area contributed by atoms with E-state index in [2.05, 4.69) is 20.8 Å². The molecule has 0 radical (unpaired) electrons. The Morgan fingerprint density at radius 1 is 1.00 bits per heavy atom. The molecule has 0 saturated heterocycles. The molecule has 0 unspecified atom stereocenters. The average molecular weight is 377 g/mol. The van der Waals surface area contributed by atoms with Crippen LogP contribution in [0, 0.1) is 20.8 Å². The minimum atomic E-state index is -0.326. The van der Waals surface area contributed by atoms with Gasteiger partial charge in [-0.2, -0.15) is 9.90 Å². The van der Waals surface area contributed by atoms with Gasteiger partial charge < -0.3 is 10.6 Å². The van der Waals surface area contributed by atoms with Crippen molar-refractivity contribution in [3.8, 4) is 5.69 Å². The number of carbonyl (C=O) groups is 2. The normalized spacial score (nSPS) is 10.6. The van der Waals surface area contributed by atoms with Crippen LogP contribution < -0.4 is 10.6 Å². The van der Waals surface area contributed by atoms with Gasteiger partial charge in [0.1, 0.15) is 0 Å². The molecule has 0 spiro atoms. The van der Waals surface area contributed by atoms with Gasteiger partial charge in [-0.15, -0.1) is 5.10 Å². The number of benzene rings is 2. The molecule has 7 heteroatoms. The quantitative estimate of drug-likeness (QED) is 0.715. The van der Waals surface area contributed by atoms with E-state index in [1.807, 2.05) is 44.2 Å². The van der Waals surface area contributed by atoms with Crippen molar-refractivity contribution in [3.63, 3.8) is 0 Å². The molecule has 0 saturated carbocycles. The number of aryl methyl sites for hydroxylation is 3. The second-order valence-corrected chi connectivity index (χ2v) is 6.71. The van der Waals surface area contributed by atoms with Crippen molar-refractivity contribution in [1.82, 2.24) is 20.3 Å². The first-order valence-electron chi connectivity index (χ1n) is 9.00. The van der Waals surface area contributed by atoms with Gasteiger partial charge in [0.2, 0.25) is 5.91 Å². The van der Waals surface area contributed by atoms with Crippen LogP contribution in [0.1, 0.15) is 32.9 Å². The number of carbonyl (C=O) groups excluding carboxylic acids is 2. The summed E-state index contributed by atoms with van der Waals surface area (Å²) in [5.41, 5.74) is 5.35. The highest BCUT2D eigenvalue weighted by Crippen LogP contribution is 2.16. The number of likely N-dealkylation sites (N-methyl/N-ethyl adjacent to an activating group) is 1. The summed E-state index contributed by atoms with van der Waals surface area (Å²) in [6, 6.07) is 13.1. The Morgan fingerprint density at radius 3 is 2.36 bits per heavy atom. The molecule has 3 aromatic rings. The van der Waals surface area contributed by atoms with Crippen LogP contribution in [0.15, 0.2) is 42.5 Å². The van der Waals surface area contributed by atoms with Gasteiger partial charge in [-0.1, -0.05) is 29.8 Å². The number of aromatic nitrogens is 3. The second kappa shape index (κ2) is 8.04. The number of amides is 2. The molecular weight excluding hydrogens is 354 g/mol. The Bertz CT molecular complexity index is 1020. The molecule has 0 aliphatic rings. The van der Waals surface area contributed by atoms with E-state index in [4.69, 9.17) is 0 Å². The third kappa shape index (κ3) is 4.25. The summed E-state index contributed by atoms with van der Waals surface area (Å²) in [5, 5.41) is 14.2. The molecule has 1 aromatic heterocycles. The average Bonchev–Trinajstić information content (AvgIpc) is 3.04. The third-order valence-corrected chi connectivity index (χ3v) is 4.42. The molecule has 2 aromatic carbocycles. The molecule has 0 aliphatic heterocycles. The Labute approximate surface area is 163 Å². The summed E-state index contributed by atoms with van der Waals surface area (Å²) in [6.45, 7) is 5.77. The van der Waals surface area contributed by atoms with Crippen molar-refractivity contribution in [2.75, 3.05) is 12.4 Å². The van der Waals surface area contributed by atoms with Crippen LogP contribution in [-0.2, 0) is 11.2 Å². The monoisotopic (exact) mass is 377 g/mol. The van der Waals surface area contributed by atoms with Crippen LogP contribution in [0.25, 0.3) is 5.69 Å². The fourth-order valence-corrected chi connectivity index (χ4v) is 2.90. The summed E-state index contributed by atoms with van der Waals surface area (Å²) in [7, 11) is 1.60. The number of hydrogen-bond donors (Lipinski definition) is 2. The van der Waals surface area contributed by atoms with E-state index in [-0.39, 0.29) is 17.5 Å². The summed E-state index contributed by atoms with van der Waals surface area (Å²) < 4.78 is 0. The zero-order valence-electron chi connectivity index (χ0n) is 16.4. The van der Waals surface area contributed by atoms with Gasteiger partial charge in [0.25, 0.3) is 5.91 Å².